The van der Waals surface area contributed by atoms with Crippen LogP contribution in [0.25, 0.3) is 0 Å². The van der Waals surface area contributed by atoms with E-state index in [0.717, 1.165) is 54.3 Å². The van der Waals surface area contributed by atoms with Gasteiger partial charge in [0.2, 0.25) is 0 Å². The second-order valence-corrected chi connectivity index (χ2v) is 7.32. The van der Waals surface area contributed by atoms with Crippen LogP contribution in [0.15, 0.2) is 39.4 Å². The maximum absolute atomic E-state index is 11.8. The molecule has 28 heavy (non-hydrogen) atoms. The first-order chi connectivity index (χ1) is 13.6. The van der Waals surface area contributed by atoms with E-state index in [4.69, 9.17) is 4.74 Å². The van der Waals surface area contributed by atoms with E-state index in [2.05, 4.69) is 25.2 Å². The number of nitrogens with one attached hydrogen (secondary N) is 1. The van der Waals surface area contributed by atoms with Crippen molar-refractivity contribution in [2.75, 3.05) is 27.3 Å². The molecule has 2 aliphatic rings. The van der Waals surface area contributed by atoms with Gasteiger partial charge in [-0.3, -0.25) is 15.0 Å². The average Bonchev–Trinajstić information content (AvgIpc) is 3.32. The van der Waals surface area contributed by atoms with E-state index < -0.39 is 11.9 Å². The Balaban J connectivity index is 1.68. The highest BCUT2D eigenvalue weighted by molar-refractivity contribution is 8.18. The molecule has 3 rings (SSSR count). The van der Waals surface area contributed by atoms with Crippen molar-refractivity contribution in [2.45, 2.75) is 19.4 Å². The fourth-order valence-corrected chi connectivity index (χ4v) is 3.71. The molecule has 2 fully saturated rings. The third kappa shape index (κ3) is 5.20. The maximum Gasteiger partial charge on any atom is 0.331 e. The molecule has 1 amide bonds. The largest absolute Gasteiger partial charge is 0.496 e. The van der Waals surface area contributed by atoms with Gasteiger partial charge in [0.25, 0.3) is 5.91 Å². The summed E-state index contributed by atoms with van der Waals surface area (Å²) < 4.78 is 9.99. The molecule has 0 spiro atoms. The average molecular weight is 402 g/mol. The minimum absolute atomic E-state index is 0.221. The lowest BCUT2D eigenvalue weighted by Crippen LogP contribution is -2.19. The number of hydrogen-bond acceptors (Lipinski definition) is 8. The first kappa shape index (κ1) is 20.1. The quantitative estimate of drug-likeness (QED) is 0.338. The molecule has 2 saturated heterocycles. The Kier molecular flexibility index (Phi) is 6.83. The zero-order valence-electron chi connectivity index (χ0n) is 15.8. The smallest absolute Gasteiger partial charge is 0.331 e. The fourth-order valence-electron chi connectivity index (χ4n) is 2.97. The molecule has 1 aromatic rings. The van der Waals surface area contributed by atoms with Gasteiger partial charge in [0, 0.05) is 18.2 Å². The molecule has 0 aliphatic carbocycles. The summed E-state index contributed by atoms with van der Waals surface area (Å²) in [6.45, 7) is 3.05. The molecule has 8 nitrogen and oxygen atoms in total. The van der Waals surface area contributed by atoms with E-state index in [1.165, 1.54) is 20.0 Å². The van der Waals surface area contributed by atoms with Gasteiger partial charge in [-0.2, -0.15) is 5.10 Å². The van der Waals surface area contributed by atoms with Crippen molar-refractivity contribution in [1.82, 2.24) is 10.2 Å². The number of methoxy groups -OCH3 is 2. The van der Waals surface area contributed by atoms with Crippen LogP contribution in [-0.2, 0) is 20.9 Å². The van der Waals surface area contributed by atoms with E-state index in [9.17, 15) is 9.59 Å². The molecule has 1 aromatic carbocycles. The summed E-state index contributed by atoms with van der Waals surface area (Å²) >= 11 is 1.04. The van der Waals surface area contributed by atoms with Crippen molar-refractivity contribution in [1.29, 1.82) is 0 Å². The van der Waals surface area contributed by atoms with Gasteiger partial charge in [-0.05, 0) is 61.5 Å². The predicted octanol–water partition coefficient (Wildman–Crippen LogP) is 1.90. The number of esters is 1. The van der Waals surface area contributed by atoms with Gasteiger partial charge in [-0.25, -0.2) is 4.79 Å². The standard InChI is InChI=1S/C19H22N4O4S/c1-26-15-6-5-13(9-14(15)12-23-7-3-4-8-23)11-20-22-19-21-18(25)16(28-19)10-17(24)27-2/h5-6,9-11H,3-4,7-8,12H2,1-2H3,(H,21,22,25)/b16-10+,20-11?. The van der Waals surface area contributed by atoms with Crippen LogP contribution in [0, 0.1) is 0 Å². The Labute approximate surface area is 167 Å². The number of benzene rings is 1. The van der Waals surface area contributed by atoms with Crippen molar-refractivity contribution in [3.8, 4) is 5.75 Å². The topological polar surface area (TPSA) is 92.6 Å². The van der Waals surface area contributed by atoms with E-state index in [1.54, 1.807) is 13.3 Å². The van der Waals surface area contributed by atoms with Crippen molar-refractivity contribution < 1.29 is 19.1 Å². The lowest BCUT2D eigenvalue weighted by Gasteiger charge is -2.17. The molecule has 0 unspecified atom stereocenters. The molecule has 1 N–H and O–H groups in total. The Bertz CT molecular complexity index is 844. The van der Waals surface area contributed by atoms with Crippen LogP contribution in [0.3, 0.4) is 0 Å². The van der Waals surface area contributed by atoms with Crippen LogP contribution in [-0.4, -0.2) is 55.5 Å². The number of nitrogens with zero attached hydrogens (tertiary/aromatic N) is 3. The first-order valence-electron chi connectivity index (χ1n) is 8.88. The summed E-state index contributed by atoms with van der Waals surface area (Å²) in [6.07, 6.45) is 5.21. The van der Waals surface area contributed by atoms with Gasteiger partial charge >= 0.3 is 5.97 Å². The number of likely N-dealkylation sites (tertiary alicyclic amines) is 1. The summed E-state index contributed by atoms with van der Waals surface area (Å²) in [5, 5.41) is 10.9. The lowest BCUT2D eigenvalue weighted by atomic mass is 10.1. The number of ether oxygens (including phenoxy) is 2. The maximum atomic E-state index is 11.8. The van der Waals surface area contributed by atoms with E-state index in [-0.39, 0.29) is 4.91 Å². The minimum atomic E-state index is -0.592. The Morgan fingerprint density at radius 2 is 2.11 bits per heavy atom. The van der Waals surface area contributed by atoms with Crippen molar-refractivity contribution in [3.05, 3.63) is 40.3 Å². The van der Waals surface area contributed by atoms with E-state index in [0.29, 0.717) is 5.17 Å². The molecule has 0 atom stereocenters. The van der Waals surface area contributed by atoms with Gasteiger partial charge in [-0.15, -0.1) is 5.10 Å². The monoisotopic (exact) mass is 402 g/mol. The fraction of sp³-hybridized carbons (Fsp3) is 0.368. The second-order valence-electron chi connectivity index (χ2n) is 6.29. The zero-order valence-corrected chi connectivity index (χ0v) is 16.6. The molecular formula is C19H22N4O4S. The number of rotatable bonds is 6. The van der Waals surface area contributed by atoms with Crippen LogP contribution >= 0.6 is 11.8 Å². The van der Waals surface area contributed by atoms with Gasteiger partial charge in [0.15, 0.2) is 5.17 Å². The summed E-state index contributed by atoms with van der Waals surface area (Å²) in [5.41, 5.74) is 1.99. The highest BCUT2D eigenvalue weighted by Crippen LogP contribution is 2.24. The second kappa shape index (κ2) is 9.52. The number of hydrogen-bond donors (Lipinski definition) is 1. The summed E-state index contributed by atoms with van der Waals surface area (Å²) in [7, 11) is 2.92. The molecule has 148 valence electrons. The molecule has 0 saturated carbocycles. The third-order valence-electron chi connectivity index (χ3n) is 4.35. The van der Waals surface area contributed by atoms with Gasteiger partial charge in [0.05, 0.1) is 25.3 Å². The highest BCUT2D eigenvalue weighted by Gasteiger charge is 2.25. The Morgan fingerprint density at radius 1 is 1.32 bits per heavy atom. The Hall–Kier alpha value is -2.65. The van der Waals surface area contributed by atoms with Crippen LogP contribution in [0.5, 0.6) is 5.75 Å². The molecule has 0 radical (unpaired) electrons. The third-order valence-corrected chi connectivity index (χ3v) is 5.25. The number of thioether (sulfide) groups is 1. The van der Waals surface area contributed by atoms with Gasteiger partial charge < -0.3 is 9.47 Å². The molecule has 0 bridgehead atoms. The number of amidine groups is 1. The number of carbonyl (C=O) groups is 2. The highest BCUT2D eigenvalue weighted by atomic mass is 32.2. The zero-order chi connectivity index (χ0) is 19.9. The first-order valence-corrected chi connectivity index (χ1v) is 9.70. The van der Waals surface area contributed by atoms with E-state index in [1.807, 2.05) is 18.2 Å². The van der Waals surface area contributed by atoms with Crippen LogP contribution in [0.4, 0.5) is 0 Å². The Morgan fingerprint density at radius 3 is 2.82 bits per heavy atom. The normalized spacial score (nSPS) is 20.3. The molecule has 2 heterocycles. The summed E-state index contributed by atoms with van der Waals surface area (Å²) in [5.74, 6) is -0.139. The van der Waals surface area contributed by atoms with Crippen LogP contribution in [0.2, 0.25) is 0 Å². The van der Waals surface area contributed by atoms with Crippen molar-refractivity contribution >= 4 is 35.0 Å². The molecule has 9 heteroatoms. The van der Waals surface area contributed by atoms with Gasteiger partial charge in [-0.1, -0.05) is 0 Å². The van der Waals surface area contributed by atoms with Crippen molar-refractivity contribution in [3.63, 3.8) is 0 Å². The summed E-state index contributed by atoms with van der Waals surface area (Å²) in [4.78, 5) is 25.7. The lowest BCUT2D eigenvalue weighted by molar-refractivity contribution is -0.135. The van der Waals surface area contributed by atoms with E-state index >= 15 is 0 Å². The minimum Gasteiger partial charge on any atom is -0.496 e. The van der Waals surface area contributed by atoms with Gasteiger partial charge in [0.1, 0.15) is 5.75 Å². The summed E-state index contributed by atoms with van der Waals surface area (Å²) in [6, 6.07) is 5.85. The predicted molar refractivity (Wildman–Crippen MR) is 108 cm³/mol. The number of amides is 1. The van der Waals surface area contributed by atoms with Crippen LogP contribution < -0.4 is 10.1 Å². The molecular weight excluding hydrogens is 380 g/mol. The van der Waals surface area contributed by atoms with Crippen molar-refractivity contribution in [2.24, 2.45) is 10.2 Å². The number of carbonyl (C=O) groups excluding carboxylic acids is 2. The van der Waals surface area contributed by atoms with Crippen LogP contribution in [0.1, 0.15) is 24.0 Å². The SMILES string of the molecule is COC(=O)/C=C1/S/C(=N\N=Cc2ccc(OC)c(CN3CCCC3)c2)NC1=O. The molecule has 0 aromatic heterocycles. The molecule has 2 aliphatic heterocycles.